The molecule has 5 nitrogen and oxygen atoms in total. The predicted molar refractivity (Wildman–Crippen MR) is 114 cm³/mol. The molecule has 0 aromatic rings. The van der Waals surface area contributed by atoms with E-state index in [9.17, 15) is 4.79 Å². The van der Waals surface area contributed by atoms with Gasteiger partial charge in [-0.15, -0.1) is 0 Å². The van der Waals surface area contributed by atoms with Gasteiger partial charge in [-0.2, -0.15) is 0 Å². The van der Waals surface area contributed by atoms with Crippen molar-refractivity contribution in [2.24, 2.45) is 0 Å². The maximum atomic E-state index is 12.3. The maximum absolute atomic E-state index is 12.3. The lowest BCUT2D eigenvalue weighted by molar-refractivity contribution is -0.139. The zero-order valence-electron chi connectivity index (χ0n) is 18.0. The van der Waals surface area contributed by atoms with E-state index in [-0.39, 0.29) is 5.97 Å². The Hall–Kier alpha value is -0.0425. The van der Waals surface area contributed by atoms with Crippen molar-refractivity contribution in [1.29, 1.82) is 0 Å². The number of esters is 1. The average Bonchev–Trinajstić information content (AvgIpc) is 2.28. The summed E-state index contributed by atoms with van der Waals surface area (Å²) in [6.07, 6.45) is 0.795. The molecule has 0 aromatic heterocycles. The molecular formula is C16H38O5Si4. The second kappa shape index (κ2) is 9.24. The summed E-state index contributed by atoms with van der Waals surface area (Å²) >= 11 is 0. The monoisotopic (exact) mass is 422 g/mol. The van der Waals surface area contributed by atoms with E-state index in [4.69, 9.17) is 17.1 Å². The molecule has 0 radical (unpaired) electrons. The summed E-state index contributed by atoms with van der Waals surface area (Å²) in [4.78, 5) is 12.3. The van der Waals surface area contributed by atoms with E-state index in [1.807, 2.05) is 12.6 Å². The van der Waals surface area contributed by atoms with Crippen LogP contribution in [0.2, 0.25) is 58.9 Å². The summed E-state index contributed by atoms with van der Waals surface area (Å²) in [6.45, 7) is 23.2. The summed E-state index contributed by atoms with van der Waals surface area (Å²) in [7, 11) is -9.02. The van der Waals surface area contributed by atoms with E-state index in [0.29, 0.717) is 12.2 Å². The third-order valence-corrected chi connectivity index (χ3v) is 14.0. The first-order chi connectivity index (χ1) is 11.0. The van der Waals surface area contributed by atoms with Crippen LogP contribution in [0.15, 0.2) is 11.3 Å². The molecule has 0 bridgehead atoms. The Balaban J connectivity index is 5.99. The fraction of sp³-hybridized carbons (Fsp3) is 0.812. The Morgan fingerprint density at radius 3 is 1.44 bits per heavy atom. The summed E-state index contributed by atoms with van der Waals surface area (Å²) in [6, 6.07) is 0. The molecule has 0 rings (SSSR count). The maximum Gasteiger partial charge on any atom is 0.498 e. The van der Waals surface area contributed by atoms with E-state index in [1.54, 1.807) is 6.92 Å². The molecule has 0 fully saturated rings. The van der Waals surface area contributed by atoms with Gasteiger partial charge in [0.25, 0.3) is 0 Å². The molecule has 0 atom stereocenters. The van der Waals surface area contributed by atoms with Crippen molar-refractivity contribution in [3.63, 3.8) is 0 Å². The molecule has 0 aliphatic rings. The van der Waals surface area contributed by atoms with Gasteiger partial charge in [0, 0.05) is 5.57 Å². The van der Waals surface area contributed by atoms with E-state index < -0.39 is 33.8 Å². The van der Waals surface area contributed by atoms with Crippen LogP contribution in [0.3, 0.4) is 0 Å². The van der Waals surface area contributed by atoms with Gasteiger partial charge < -0.3 is 17.1 Å². The standard InChI is InChI=1S/C16H38O5Si4/c1-12-13-18-16(17)15(2)14-25(19-22(3,4)5,20-23(6,7)8)21-24(9,10)11/h14H,12-13H2,1-11H3. The largest absolute Gasteiger partial charge is 0.498 e. The second-order valence-electron chi connectivity index (χ2n) is 9.21. The summed E-state index contributed by atoms with van der Waals surface area (Å²) in [5, 5.41) is 0. The minimum absolute atomic E-state index is 0.323. The van der Waals surface area contributed by atoms with Crippen LogP contribution >= 0.6 is 0 Å². The van der Waals surface area contributed by atoms with Crippen LogP contribution < -0.4 is 0 Å². The van der Waals surface area contributed by atoms with Crippen LogP contribution in [0.5, 0.6) is 0 Å². The third kappa shape index (κ3) is 12.1. The predicted octanol–water partition coefficient (Wildman–Crippen LogP) is 4.92. The highest BCUT2D eigenvalue weighted by Gasteiger charge is 2.49. The lowest BCUT2D eigenvalue weighted by Gasteiger charge is -2.41. The van der Waals surface area contributed by atoms with Gasteiger partial charge in [0.2, 0.25) is 0 Å². The van der Waals surface area contributed by atoms with E-state index in [2.05, 4.69) is 58.9 Å². The average molecular weight is 423 g/mol. The van der Waals surface area contributed by atoms with Crippen molar-refractivity contribution in [2.45, 2.75) is 79.2 Å². The normalized spacial score (nSPS) is 14.6. The quantitative estimate of drug-likeness (QED) is 0.284. The van der Waals surface area contributed by atoms with Gasteiger partial charge in [0.1, 0.15) is 0 Å². The molecule has 0 heterocycles. The highest BCUT2D eigenvalue weighted by molar-refractivity contribution is 6.92. The first kappa shape index (κ1) is 25.0. The molecule has 148 valence electrons. The molecule has 0 spiro atoms. The number of hydrogen-bond acceptors (Lipinski definition) is 5. The van der Waals surface area contributed by atoms with Crippen LogP contribution in [-0.2, 0) is 21.9 Å². The number of hydrogen-bond donors (Lipinski definition) is 0. The van der Waals surface area contributed by atoms with Crippen molar-refractivity contribution in [1.82, 2.24) is 0 Å². The molecule has 0 aromatic carbocycles. The Labute approximate surface area is 158 Å². The zero-order chi connectivity index (χ0) is 20.1. The fourth-order valence-corrected chi connectivity index (χ4v) is 15.3. The Kier molecular flexibility index (Phi) is 9.23. The van der Waals surface area contributed by atoms with Crippen molar-refractivity contribution < 1.29 is 21.9 Å². The fourth-order valence-electron chi connectivity index (χ4n) is 2.06. The minimum Gasteiger partial charge on any atom is -0.462 e. The van der Waals surface area contributed by atoms with Gasteiger partial charge in [-0.3, -0.25) is 0 Å². The molecule has 0 amide bonds. The minimum atomic E-state index is -3.14. The van der Waals surface area contributed by atoms with Gasteiger partial charge in [0.15, 0.2) is 25.0 Å². The molecule has 0 saturated carbocycles. The molecule has 0 saturated heterocycles. The van der Waals surface area contributed by atoms with Crippen molar-refractivity contribution in [2.75, 3.05) is 6.61 Å². The number of rotatable bonds is 10. The Morgan fingerprint density at radius 2 is 1.16 bits per heavy atom. The summed E-state index contributed by atoms with van der Waals surface area (Å²) in [5.74, 6) is -0.323. The van der Waals surface area contributed by atoms with Crippen LogP contribution in [-0.4, -0.2) is 46.3 Å². The molecule has 25 heavy (non-hydrogen) atoms. The number of carbonyl (C=O) groups excluding carboxylic acids is 1. The van der Waals surface area contributed by atoms with E-state index in [0.717, 1.165) is 6.42 Å². The van der Waals surface area contributed by atoms with Gasteiger partial charge >= 0.3 is 14.8 Å². The van der Waals surface area contributed by atoms with Crippen LogP contribution in [0.25, 0.3) is 0 Å². The van der Waals surface area contributed by atoms with Crippen LogP contribution in [0.4, 0.5) is 0 Å². The van der Waals surface area contributed by atoms with E-state index in [1.165, 1.54) is 0 Å². The second-order valence-corrected chi connectivity index (χ2v) is 25.8. The summed E-state index contributed by atoms with van der Waals surface area (Å²) in [5.41, 5.74) is 2.33. The molecular weight excluding hydrogens is 385 g/mol. The number of carbonyl (C=O) groups is 1. The topological polar surface area (TPSA) is 54.0 Å². The lowest BCUT2D eigenvalue weighted by atomic mass is 10.4. The molecule has 0 aliphatic heterocycles. The molecule has 0 aliphatic carbocycles. The van der Waals surface area contributed by atoms with Gasteiger partial charge in [-0.1, -0.05) is 6.92 Å². The van der Waals surface area contributed by atoms with Crippen molar-refractivity contribution >= 4 is 39.7 Å². The highest BCUT2D eigenvalue weighted by Crippen LogP contribution is 2.27. The summed E-state index contributed by atoms with van der Waals surface area (Å²) < 4.78 is 24.8. The van der Waals surface area contributed by atoms with Gasteiger partial charge in [-0.05, 0) is 78.0 Å². The zero-order valence-corrected chi connectivity index (χ0v) is 22.0. The van der Waals surface area contributed by atoms with Crippen LogP contribution in [0.1, 0.15) is 20.3 Å². The number of ether oxygens (including phenoxy) is 1. The van der Waals surface area contributed by atoms with Crippen molar-refractivity contribution in [3.8, 4) is 0 Å². The Bertz CT molecular complexity index is 432. The lowest BCUT2D eigenvalue weighted by Crippen LogP contribution is -2.59. The smallest absolute Gasteiger partial charge is 0.462 e. The highest BCUT2D eigenvalue weighted by atomic mass is 28.5. The molecule has 0 unspecified atom stereocenters. The van der Waals surface area contributed by atoms with Gasteiger partial charge in [0.05, 0.1) is 6.61 Å². The van der Waals surface area contributed by atoms with E-state index >= 15 is 0 Å². The Morgan fingerprint density at radius 1 is 0.800 bits per heavy atom. The van der Waals surface area contributed by atoms with Crippen LogP contribution in [0, 0.1) is 0 Å². The first-order valence-electron chi connectivity index (χ1n) is 8.96. The SMILES string of the molecule is CCCOC(=O)C(C)=C[Si](O[Si](C)(C)C)(O[Si](C)(C)C)O[Si](C)(C)C. The van der Waals surface area contributed by atoms with Crippen molar-refractivity contribution in [3.05, 3.63) is 11.3 Å². The van der Waals surface area contributed by atoms with Gasteiger partial charge in [-0.25, -0.2) is 4.79 Å². The molecule has 9 heteroatoms. The molecule has 0 N–H and O–H groups in total. The third-order valence-electron chi connectivity index (χ3n) is 2.50. The first-order valence-corrected chi connectivity index (χ1v) is 21.0.